The van der Waals surface area contributed by atoms with Crippen LogP contribution in [-0.2, 0) is 14.3 Å². The number of benzene rings is 1. The Morgan fingerprint density at radius 3 is 2.50 bits per heavy atom. The molecule has 1 aromatic carbocycles. The summed E-state index contributed by atoms with van der Waals surface area (Å²) in [5.74, 6) is -0.327. The third-order valence-corrected chi connectivity index (χ3v) is 4.77. The van der Waals surface area contributed by atoms with Crippen LogP contribution in [0, 0.1) is 0 Å². The van der Waals surface area contributed by atoms with Crippen molar-refractivity contribution < 1.29 is 28.6 Å². The van der Waals surface area contributed by atoms with Gasteiger partial charge in [-0.2, -0.15) is 0 Å². The number of imide groups is 1. The van der Waals surface area contributed by atoms with Crippen molar-refractivity contribution in [3.8, 4) is 11.5 Å². The minimum absolute atomic E-state index is 0.212. The zero-order valence-electron chi connectivity index (χ0n) is 16.1. The molecule has 7 nitrogen and oxygen atoms in total. The topological polar surface area (TPSA) is 82.1 Å². The summed E-state index contributed by atoms with van der Waals surface area (Å²) in [4.78, 5) is 37.5. The fraction of sp³-hybridized carbons (Fsp3) is 0.421. The van der Waals surface area contributed by atoms with Crippen LogP contribution in [-0.4, -0.2) is 47.9 Å². The van der Waals surface area contributed by atoms with Gasteiger partial charge in [0.1, 0.15) is 0 Å². The Morgan fingerprint density at radius 2 is 1.93 bits per heavy atom. The van der Waals surface area contributed by atoms with Gasteiger partial charge >= 0.3 is 5.97 Å². The number of esters is 1. The second-order valence-electron chi connectivity index (χ2n) is 6.00. The van der Waals surface area contributed by atoms with Crippen LogP contribution < -0.4 is 9.47 Å². The fourth-order valence-electron chi connectivity index (χ4n) is 2.48. The van der Waals surface area contributed by atoms with E-state index in [9.17, 15) is 14.4 Å². The average molecular weight is 428 g/mol. The smallest absolute Gasteiger partial charge is 0.344 e. The molecule has 1 heterocycles. The first-order chi connectivity index (χ1) is 13.3. The summed E-state index contributed by atoms with van der Waals surface area (Å²) in [7, 11) is 0. The van der Waals surface area contributed by atoms with Crippen LogP contribution in [0.15, 0.2) is 17.0 Å². The molecule has 0 aliphatic carbocycles. The van der Waals surface area contributed by atoms with E-state index in [0.29, 0.717) is 22.8 Å². The largest absolute Gasteiger partial charge is 0.490 e. The first-order valence-electron chi connectivity index (χ1n) is 8.80. The third kappa shape index (κ3) is 5.20. The highest BCUT2D eigenvalue weighted by atomic mass is 35.5. The van der Waals surface area contributed by atoms with Gasteiger partial charge in [-0.15, -0.1) is 0 Å². The van der Waals surface area contributed by atoms with Crippen LogP contribution in [0.4, 0.5) is 4.79 Å². The quantitative estimate of drug-likeness (QED) is 0.455. The fourth-order valence-corrected chi connectivity index (χ4v) is 3.72. The lowest BCUT2D eigenvalue weighted by Gasteiger charge is -2.16. The molecule has 0 bridgehead atoms. The molecule has 1 fully saturated rings. The first-order valence-corrected chi connectivity index (χ1v) is 9.99. The average Bonchev–Trinajstić information content (AvgIpc) is 2.88. The van der Waals surface area contributed by atoms with Crippen LogP contribution >= 0.6 is 23.4 Å². The van der Waals surface area contributed by atoms with E-state index in [1.165, 1.54) is 4.90 Å². The maximum Gasteiger partial charge on any atom is 0.344 e. The minimum atomic E-state index is -0.521. The van der Waals surface area contributed by atoms with E-state index in [2.05, 4.69) is 0 Å². The van der Waals surface area contributed by atoms with Gasteiger partial charge in [-0.25, -0.2) is 4.79 Å². The molecule has 1 saturated heterocycles. The van der Waals surface area contributed by atoms with E-state index < -0.39 is 5.97 Å². The molecule has 0 atom stereocenters. The van der Waals surface area contributed by atoms with E-state index in [-0.39, 0.29) is 41.2 Å². The van der Waals surface area contributed by atoms with Crippen molar-refractivity contribution in [1.29, 1.82) is 0 Å². The number of nitrogens with zero attached hydrogens (tertiary/aromatic N) is 1. The molecular weight excluding hydrogens is 406 g/mol. The van der Waals surface area contributed by atoms with Gasteiger partial charge in [0, 0.05) is 6.04 Å². The highest BCUT2D eigenvalue weighted by Crippen LogP contribution is 2.39. The summed E-state index contributed by atoms with van der Waals surface area (Å²) >= 11 is 7.18. The van der Waals surface area contributed by atoms with E-state index in [4.69, 9.17) is 25.8 Å². The summed E-state index contributed by atoms with van der Waals surface area (Å²) in [6.07, 6.45) is 1.58. The Morgan fingerprint density at radius 1 is 1.21 bits per heavy atom. The Labute approximate surface area is 172 Å². The molecule has 0 aromatic heterocycles. The van der Waals surface area contributed by atoms with Crippen molar-refractivity contribution in [2.75, 3.05) is 19.8 Å². The van der Waals surface area contributed by atoms with Gasteiger partial charge in [-0.1, -0.05) is 11.6 Å². The van der Waals surface area contributed by atoms with Gasteiger partial charge in [-0.3, -0.25) is 14.5 Å². The molecule has 0 unspecified atom stereocenters. The number of rotatable bonds is 8. The van der Waals surface area contributed by atoms with Crippen LogP contribution in [0.3, 0.4) is 0 Å². The lowest BCUT2D eigenvalue weighted by atomic mass is 10.1. The maximum atomic E-state index is 12.4. The Bertz CT molecular complexity index is 808. The summed E-state index contributed by atoms with van der Waals surface area (Å²) in [6, 6.07) is 2.99. The van der Waals surface area contributed by atoms with E-state index in [1.807, 2.05) is 0 Å². The van der Waals surface area contributed by atoms with Gasteiger partial charge < -0.3 is 14.2 Å². The molecule has 2 rings (SSSR count). The van der Waals surface area contributed by atoms with Gasteiger partial charge in [0.15, 0.2) is 18.1 Å². The highest BCUT2D eigenvalue weighted by molar-refractivity contribution is 8.18. The lowest BCUT2D eigenvalue weighted by molar-refractivity contribution is -0.145. The normalized spacial score (nSPS) is 15.5. The van der Waals surface area contributed by atoms with Crippen molar-refractivity contribution in [3.63, 3.8) is 0 Å². The molecule has 152 valence electrons. The number of thioether (sulfide) groups is 1. The van der Waals surface area contributed by atoms with Crippen LogP contribution in [0.25, 0.3) is 6.08 Å². The molecule has 0 spiro atoms. The third-order valence-electron chi connectivity index (χ3n) is 3.61. The standard InChI is InChI=1S/C19H22ClNO6S/c1-5-25-14-8-12(7-13(20)17(14)27-10-16(22)26-6-2)9-15-18(23)21(11(3)4)19(24)28-15/h7-9,11H,5-6,10H2,1-4H3/b15-9-. The summed E-state index contributed by atoms with van der Waals surface area (Å²) in [5.41, 5.74) is 0.575. The van der Waals surface area contributed by atoms with Gasteiger partial charge in [0.05, 0.1) is 23.1 Å². The Kier molecular flexibility index (Phi) is 7.77. The number of halogens is 1. The van der Waals surface area contributed by atoms with Crippen molar-refractivity contribution in [2.24, 2.45) is 0 Å². The molecule has 2 amide bonds. The molecule has 1 aliphatic rings. The van der Waals surface area contributed by atoms with E-state index in [0.717, 1.165) is 11.8 Å². The maximum absolute atomic E-state index is 12.4. The monoisotopic (exact) mass is 427 g/mol. The van der Waals surface area contributed by atoms with Crippen molar-refractivity contribution in [3.05, 3.63) is 27.6 Å². The Hall–Kier alpha value is -2.19. The van der Waals surface area contributed by atoms with Crippen molar-refractivity contribution in [2.45, 2.75) is 33.7 Å². The predicted octanol–water partition coefficient (Wildman–Crippen LogP) is 4.13. The van der Waals surface area contributed by atoms with E-state index >= 15 is 0 Å². The van der Waals surface area contributed by atoms with E-state index in [1.54, 1.807) is 45.9 Å². The number of hydrogen-bond acceptors (Lipinski definition) is 7. The van der Waals surface area contributed by atoms with Crippen molar-refractivity contribution in [1.82, 2.24) is 4.90 Å². The molecule has 0 N–H and O–H groups in total. The number of hydrogen-bond donors (Lipinski definition) is 0. The summed E-state index contributed by atoms with van der Waals surface area (Å²) < 4.78 is 15.9. The van der Waals surface area contributed by atoms with Gasteiger partial charge in [0.25, 0.3) is 11.1 Å². The molecule has 1 aromatic rings. The number of amides is 2. The number of ether oxygens (including phenoxy) is 3. The second-order valence-corrected chi connectivity index (χ2v) is 7.40. The second kappa shape index (κ2) is 9.84. The lowest BCUT2D eigenvalue weighted by Crippen LogP contribution is -2.34. The van der Waals surface area contributed by atoms with Crippen LogP contribution in [0.5, 0.6) is 11.5 Å². The first kappa shape index (κ1) is 22.1. The molecule has 9 heteroatoms. The molecule has 1 aliphatic heterocycles. The van der Waals surface area contributed by atoms with Crippen LogP contribution in [0.1, 0.15) is 33.3 Å². The minimum Gasteiger partial charge on any atom is -0.490 e. The molecular formula is C19H22ClNO6S. The molecule has 0 radical (unpaired) electrons. The number of carbonyl (C=O) groups is 3. The van der Waals surface area contributed by atoms with Crippen molar-refractivity contribution >= 4 is 46.6 Å². The molecule has 28 heavy (non-hydrogen) atoms. The van der Waals surface area contributed by atoms with Gasteiger partial charge in [0.2, 0.25) is 0 Å². The predicted molar refractivity (Wildman–Crippen MR) is 108 cm³/mol. The summed E-state index contributed by atoms with van der Waals surface area (Å²) in [5, 5.41) is -0.0960. The van der Waals surface area contributed by atoms with Crippen LogP contribution in [0.2, 0.25) is 5.02 Å². The number of carbonyl (C=O) groups excluding carboxylic acids is 3. The Balaban J connectivity index is 2.31. The SMILES string of the molecule is CCOC(=O)COc1c(Cl)cc(/C=C2\SC(=O)N(C(C)C)C2=O)cc1OCC. The zero-order chi connectivity index (χ0) is 20.8. The summed E-state index contributed by atoms with van der Waals surface area (Å²) in [6.45, 7) is 7.34. The highest BCUT2D eigenvalue weighted by Gasteiger charge is 2.36. The van der Waals surface area contributed by atoms with Gasteiger partial charge in [-0.05, 0) is 63.2 Å². The zero-order valence-corrected chi connectivity index (χ0v) is 17.7. The molecule has 0 saturated carbocycles.